The molecule has 0 bridgehead atoms. The molecule has 0 saturated carbocycles. The van der Waals surface area contributed by atoms with E-state index in [9.17, 15) is 8.78 Å². The molecule has 1 N–H and O–H groups in total. The quantitative estimate of drug-likeness (QED) is 0.858. The van der Waals surface area contributed by atoms with Crippen LogP contribution >= 0.6 is 11.6 Å². The highest BCUT2D eigenvalue weighted by Gasteiger charge is 2.10. The first-order valence-electron chi connectivity index (χ1n) is 5.84. The molecule has 0 amide bonds. The molecule has 6 heteroatoms. The number of aryl methyl sites for hydroxylation is 1. The summed E-state index contributed by atoms with van der Waals surface area (Å²) >= 11 is 5.85. The Hall–Kier alpha value is -1.75. The van der Waals surface area contributed by atoms with Crippen molar-refractivity contribution in [2.24, 2.45) is 0 Å². The molecule has 0 aliphatic carbocycles. The van der Waals surface area contributed by atoms with Crippen LogP contribution in [0.5, 0.6) is 0 Å². The molecular weight excluding hydrogens is 272 g/mol. The van der Waals surface area contributed by atoms with Crippen LogP contribution in [0, 0.1) is 11.6 Å². The highest BCUT2D eigenvalue weighted by molar-refractivity contribution is 6.29. The molecule has 19 heavy (non-hydrogen) atoms. The predicted octanol–water partition coefficient (Wildman–Crippen LogP) is 4.10. The van der Waals surface area contributed by atoms with Crippen molar-refractivity contribution in [3.63, 3.8) is 0 Å². The molecular formula is C13H12ClF2N3. The number of para-hydroxylation sites is 1. The van der Waals surface area contributed by atoms with Gasteiger partial charge in [-0.25, -0.2) is 18.7 Å². The van der Waals surface area contributed by atoms with Crippen molar-refractivity contribution in [3.05, 3.63) is 46.9 Å². The van der Waals surface area contributed by atoms with E-state index in [2.05, 4.69) is 15.3 Å². The third kappa shape index (κ3) is 3.38. The van der Waals surface area contributed by atoms with Crippen LogP contribution in [0.4, 0.5) is 20.3 Å². The Kier molecular flexibility index (Phi) is 4.27. The number of aromatic nitrogens is 2. The number of nitrogens with zero attached hydrogens (tertiary/aromatic N) is 2. The smallest absolute Gasteiger partial charge is 0.149 e. The van der Waals surface area contributed by atoms with Crippen LogP contribution in [0.3, 0.4) is 0 Å². The standard InChI is InChI=1S/C13H12ClF2N3/c1-2-4-11-17-10(14)7-12(18-11)19-13-8(15)5-3-6-9(13)16/h3,5-7H,2,4H2,1H3,(H,17,18,19). The number of rotatable bonds is 4. The van der Waals surface area contributed by atoms with Crippen molar-refractivity contribution >= 4 is 23.1 Å². The van der Waals surface area contributed by atoms with E-state index >= 15 is 0 Å². The summed E-state index contributed by atoms with van der Waals surface area (Å²) in [5.74, 6) is -0.569. The Bertz CT molecular complexity index is 570. The SMILES string of the molecule is CCCc1nc(Cl)cc(Nc2c(F)cccc2F)n1. The third-order valence-corrected chi connectivity index (χ3v) is 2.62. The molecule has 0 aliphatic heterocycles. The molecule has 1 heterocycles. The molecule has 0 aliphatic rings. The highest BCUT2D eigenvalue weighted by Crippen LogP contribution is 2.23. The number of nitrogens with one attached hydrogen (secondary N) is 1. The molecule has 0 fully saturated rings. The van der Waals surface area contributed by atoms with Crippen molar-refractivity contribution in [1.82, 2.24) is 9.97 Å². The van der Waals surface area contributed by atoms with E-state index in [1.807, 2.05) is 6.92 Å². The number of halogens is 3. The maximum atomic E-state index is 13.5. The zero-order chi connectivity index (χ0) is 13.8. The molecule has 1 aromatic heterocycles. The summed E-state index contributed by atoms with van der Waals surface area (Å²) in [5.41, 5.74) is -0.250. The minimum absolute atomic E-state index is 0.234. The van der Waals surface area contributed by atoms with Gasteiger partial charge in [-0.1, -0.05) is 24.6 Å². The van der Waals surface area contributed by atoms with Crippen LogP contribution in [0.1, 0.15) is 19.2 Å². The van der Waals surface area contributed by atoms with Crippen molar-refractivity contribution in [2.75, 3.05) is 5.32 Å². The Labute approximate surface area is 114 Å². The molecule has 100 valence electrons. The Balaban J connectivity index is 2.33. The number of hydrogen-bond acceptors (Lipinski definition) is 3. The molecule has 2 aromatic rings. The van der Waals surface area contributed by atoms with Crippen LogP contribution in [0.2, 0.25) is 5.15 Å². The topological polar surface area (TPSA) is 37.8 Å². The monoisotopic (exact) mass is 283 g/mol. The van der Waals surface area contributed by atoms with Crippen LogP contribution in [0.15, 0.2) is 24.3 Å². The van der Waals surface area contributed by atoms with Crippen molar-refractivity contribution in [2.45, 2.75) is 19.8 Å². The van der Waals surface area contributed by atoms with E-state index in [0.717, 1.165) is 6.42 Å². The van der Waals surface area contributed by atoms with Gasteiger partial charge in [0.05, 0.1) is 0 Å². The summed E-state index contributed by atoms with van der Waals surface area (Å²) in [6.45, 7) is 1.98. The molecule has 0 atom stereocenters. The summed E-state index contributed by atoms with van der Waals surface area (Å²) in [6, 6.07) is 5.06. The second-order valence-electron chi connectivity index (χ2n) is 3.96. The van der Waals surface area contributed by atoms with Crippen molar-refractivity contribution < 1.29 is 8.78 Å². The van der Waals surface area contributed by atoms with E-state index in [1.54, 1.807) is 0 Å². The van der Waals surface area contributed by atoms with E-state index < -0.39 is 11.6 Å². The molecule has 3 nitrogen and oxygen atoms in total. The van der Waals surface area contributed by atoms with Gasteiger partial charge in [0.2, 0.25) is 0 Å². The van der Waals surface area contributed by atoms with Gasteiger partial charge in [-0.05, 0) is 18.6 Å². The Morgan fingerprint density at radius 2 is 1.89 bits per heavy atom. The van der Waals surface area contributed by atoms with Crippen molar-refractivity contribution in [3.8, 4) is 0 Å². The Morgan fingerprint density at radius 3 is 2.53 bits per heavy atom. The zero-order valence-electron chi connectivity index (χ0n) is 10.3. The minimum Gasteiger partial charge on any atom is -0.335 e. The van der Waals surface area contributed by atoms with E-state index in [0.29, 0.717) is 12.2 Å². The van der Waals surface area contributed by atoms with Gasteiger partial charge in [0, 0.05) is 12.5 Å². The van der Waals surface area contributed by atoms with Crippen LogP contribution in [-0.2, 0) is 6.42 Å². The van der Waals surface area contributed by atoms with Crippen LogP contribution < -0.4 is 5.32 Å². The first-order valence-corrected chi connectivity index (χ1v) is 6.22. The van der Waals surface area contributed by atoms with Gasteiger partial charge < -0.3 is 5.32 Å². The fourth-order valence-electron chi connectivity index (χ4n) is 1.61. The lowest BCUT2D eigenvalue weighted by molar-refractivity contribution is 0.590. The lowest BCUT2D eigenvalue weighted by atomic mass is 10.3. The largest absolute Gasteiger partial charge is 0.335 e. The van der Waals surface area contributed by atoms with Gasteiger partial charge >= 0.3 is 0 Å². The summed E-state index contributed by atoms with van der Waals surface area (Å²) in [5, 5.41) is 2.83. The molecule has 0 radical (unpaired) electrons. The van der Waals surface area contributed by atoms with Gasteiger partial charge in [0.15, 0.2) is 0 Å². The van der Waals surface area contributed by atoms with Gasteiger partial charge in [-0.2, -0.15) is 0 Å². The van der Waals surface area contributed by atoms with Gasteiger partial charge in [-0.3, -0.25) is 0 Å². The first-order chi connectivity index (χ1) is 9.10. The summed E-state index contributed by atoms with van der Waals surface area (Å²) in [7, 11) is 0. The maximum absolute atomic E-state index is 13.5. The van der Waals surface area contributed by atoms with E-state index in [-0.39, 0.29) is 16.7 Å². The zero-order valence-corrected chi connectivity index (χ0v) is 11.0. The third-order valence-electron chi connectivity index (χ3n) is 2.43. The average molecular weight is 284 g/mol. The van der Waals surface area contributed by atoms with Gasteiger partial charge in [0.1, 0.15) is 34.1 Å². The van der Waals surface area contributed by atoms with Crippen LogP contribution in [-0.4, -0.2) is 9.97 Å². The number of anilines is 2. The fourth-order valence-corrected chi connectivity index (χ4v) is 1.81. The highest BCUT2D eigenvalue weighted by atomic mass is 35.5. The molecule has 0 spiro atoms. The van der Waals surface area contributed by atoms with Gasteiger partial charge in [-0.15, -0.1) is 0 Å². The molecule has 0 unspecified atom stereocenters. The van der Waals surface area contributed by atoms with E-state index in [4.69, 9.17) is 11.6 Å². The minimum atomic E-state index is -0.688. The Morgan fingerprint density at radius 1 is 1.21 bits per heavy atom. The maximum Gasteiger partial charge on any atom is 0.149 e. The molecule has 0 saturated heterocycles. The summed E-state index contributed by atoms with van der Waals surface area (Å²) < 4.78 is 27.0. The number of hydrogen-bond donors (Lipinski definition) is 1. The first kappa shape index (κ1) is 13.7. The molecule has 2 rings (SSSR count). The lowest BCUT2D eigenvalue weighted by Gasteiger charge is -2.09. The van der Waals surface area contributed by atoms with Gasteiger partial charge in [0.25, 0.3) is 0 Å². The van der Waals surface area contributed by atoms with Crippen molar-refractivity contribution in [1.29, 1.82) is 0 Å². The second kappa shape index (κ2) is 5.93. The molecule has 1 aromatic carbocycles. The summed E-state index contributed by atoms with van der Waals surface area (Å²) in [4.78, 5) is 8.20. The summed E-state index contributed by atoms with van der Waals surface area (Å²) in [6.07, 6.45) is 1.50. The normalized spacial score (nSPS) is 10.5. The van der Waals surface area contributed by atoms with E-state index in [1.165, 1.54) is 24.3 Å². The van der Waals surface area contributed by atoms with Crippen LogP contribution in [0.25, 0.3) is 0 Å². The second-order valence-corrected chi connectivity index (χ2v) is 4.35. The predicted molar refractivity (Wildman–Crippen MR) is 70.7 cm³/mol. The number of benzene rings is 1. The lowest BCUT2D eigenvalue weighted by Crippen LogP contribution is -2.03. The average Bonchev–Trinajstić information content (AvgIpc) is 2.34. The fraction of sp³-hybridized carbons (Fsp3) is 0.231.